The van der Waals surface area contributed by atoms with Crippen molar-refractivity contribution in [3.8, 4) is 0 Å². The van der Waals surface area contributed by atoms with E-state index in [-0.39, 0.29) is 12.5 Å². The van der Waals surface area contributed by atoms with Crippen LogP contribution < -0.4 is 10.9 Å². The van der Waals surface area contributed by atoms with E-state index in [4.69, 9.17) is 4.74 Å². The Morgan fingerprint density at radius 3 is 2.85 bits per heavy atom. The maximum atomic E-state index is 12.5. The van der Waals surface area contributed by atoms with Gasteiger partial charge in [0.25, 0.3) is 5.56 Å². The van der Waals surface area contributed by atoms with E-state index in [0.29, 0.717) is 18.9 Å². The number of pyridine rings is 1. The molecule has 0 radical (unpaired) electrons. The molecule has 2 heterocycles. The van der Waals surface area contributed by atoms with Crippen LogP contribution in [0.5, 0.6) is 0 Å². The van der Waals surface area contributed by atoms with Crippen molar-refractivity contribution < 1.29 is 22.7 Å². The molecule has 2 N–H and O–H groups in total. The van der Waals surface area contributed by atoms with E-state index in [0.717, 1.165) is 12.8 Å². The molecule has 0 aliphatic carbocycles. The number of hydrogen-bond donors (Lipinski definition) is 2. The molecule has 0 aromatic carbocycles. The molecule has 110 valence electrons. The summed E-state index contributed by atoms with van der Waals surface area (Å²) in [7, 11) is 0. The molecule has 2 rings (SSSR count). The number of amides is 1. The van der Waals surface area contributed by atoms with Crippen LogP contribution in [0, 0.1) is 0 Å². The van der Waals surface area contributed by atoms with Crippen LogP contribution in [0.15, 0.2) is 17.1 Å². The van der Waals surface area contributed by atoms with Gasteiger partial charge in [0.1, 0.15) is 5.69 Å². The maximum absolute atomic E-state index is 12.5. The molecule has 1 aromatic heterocycles. The lowest BCUT2D eigenvalue weighted by Crippen LogP contribution is -2.24. The first-order valence-electron chi connectivity index (χ1n) is 6.07. The SMILES string of the molecule is O=C(C[C@@H]1CCCO1)Nc1cc(C(F)(F)F)c[nH]c1=O. The van der Waals surface area contributed by atoms with Crippen molar-refractivity contribution in [3.63, 3.8) is 0 Å². The molecule has 1 aromatic rings. The predicted molar refractivity (Wildman–Crippen MR) is 64.3 cm³/mol. The number of aromatic nitrogens is 1. The fraction of sp³-hybridized carbons (Fsp3) is 0.500. The molecule has 8 heteroatoms. The van der Waals surface area contributed by atoms with Crippen molar-refractivity contribution >= 4 is 11.6 Å². The molecular weight excluding hydrogens is 277 g/mol. The highest BCUT2D eigenvalue weighted by Crippen LogP contribution is 2.29. The van der Waals surface area contributed by atoms with Gasteiger partial charge in [-0.05, 0) is 18.9 Å². The third-order valence-electron chi connectivity index (χ3n) is 2.94. The second-order valence-corrected chi connectivity index (χ2v) is 4.52. The van der Waals surface area contributed by atoms with Crippen LogP contribution in [-0.4, -0.2) is 23.6 Å². The number of carbonyl (C=O) groups is 1. The largest absolute Gasteiger partial charge is 0.417 e. The topological polar surface area (TPSA) is 71.2 Å². The summed E-state index contributed by atoms with van der Waals surface area (Å²) in [4.78, 5) is 25.0. The van der Waals surface area contributed by atoms with Crippen molar-refractivity contribution in [2.24, 2.45) is 0 Å². The van der Waals surface area contributed by atoms with Gasteiger partial charge in [-0.2, -0.15) is 13.2 Å². The second-order valence-electron chi connectivity index (χ2n) is 4.52. The molecule has 1 fully saturated rings. The van der Waals surface area contributed by atoms with Gasteiger partial charge in [0.15, 0.2) is 0 Å². The molecule has 1 aliphatic rings. The zero-order valence-corrected chi connectivity index (χ0v) is 10.4. The third kappa shape index (κ3) is 3.60. The van der Waals surface area contributed by atoms with Crippen LogP contribution in [0.1, 0.15) is 24.8 Å². The zero-order chi connectivity index (χ0) is 14.8. The smallest absolute Gasteiger partial charge is 0.378 e. The van der Waals surface area contributed by atoms with E-state index < -0.39 is 28.9 Å². The van der Waals surface area contributed by atoms with Gasteiger partial charge in [-0.25, -0.2) is 0 Å². The van der Waals surface area contributed by atoms with Gasteiger partial charge in [-0.15, -0.1) is 0 Å². The van der Waals surface area contributed by atoms with Gasteiger partial charge in [-0.3, -0.25) is 9.59 Å². The number of aromatic amines is 1. The first-order chi connectivity index (χ1) is 9.36. The van der Waals surface area contributed by atoms with Crippen LogP contribution in [0.3, 0.4) is 0 Å². The van der Waals surface area contributed by atoms with Crippen molar-refractivity contribution in [2.75, 3.05) is 11.9 Å². The molecule has 0 saturated carbocycles. The number of hydrogen-bond acceptors (Lipinski definition) is 3. The number of carbonyl (C=O) groups excluding carboxylic acids is 1. The number of anilines is 1. The summed E-state index contributed by atoms with van der Waals surface area (Å²) < 4.78 is 42.8. The molecule has 1 saturated heterocycles. The Morgan fingerprint density at radius 2 is 2.25 bits per heavy atom. The summed E-state index contributed by atoms with van der Waals surface area (Å²) in [5.41, 5.74) is -2.22. The molecule has 1 aliphatic heterocycles. The lowest BCUT2D eigenvalue weighted by molar-refractivity contribution is -0.137. The number of halogens is 3. The maximum Gasteiger partial charge on any atom is 0.417 e. The standard InChI is InChI=1S/C12H13F3N2O3/c13-12(14,15)7-4-9(11(19)16-6-7)17-10(18)5-8-2-1-3-20-8/h4,6,8H,1-3,5H2,(H,16,19)(H,17,18)/t8-/m0/s1. The lowest BCUT2D eigenvalue weighted by atomic mass is 10.1. The first kappa shape index (κ1) is 14.6. The average Bonchev–Trinajstić information content (AvgIpc) is 2.83. The van der Waals surface area contributed by atoms with Gasteiger partial charge >= 0.3 is 6.18 Å². The summed E-state index contributed by atoms with van der Waals surface area (Å²) in [6, 6.07) is 0.617. The Bertz CT molecular complexity index is 548. The van der Waals surface area contributed by atoms with Gasteiger partial charge in [0, 0.05) is 12.8 Å². The second kappa shape index (κ2) is 5.66. The van der Waals surface area contributed by atoms with Crippen LogP contribution >= 0.6 is 0 Å². The lowest BCUT2D eigenvalue weighted by Gasteiger charge is -2.11. The normalized spacial score (nSPS) is 19.1. The first-order valence-corrected chi connectivity index (χ1v) is 6.07. The van der Waals surface area contributed by atoms with E-state index in [1.807, 2.05) is 4.98 Å². The number of alkyl halides is 3. The van der Waals surface area contributed by atoms with Gasteiger partial charge < -0.3 is 15.0 Å². The number of rotatable bonds is 3. The summed E-state index contributed by atoms with van der Waals surface area (Å²) >= 11 is 0. The molecular formula is C12H13F3N2O3. The Hall–Kier alpha value is -1.83. The van der Waals surface area contributed by atoms with Crippen molar-refractivity contribution in [2.45, 2.75) is 31.5 Å². The van der Waals surface area contributed by atoms with Gasteiger partial charge in [-0.1, -0.05) is 0 Å². The van der Waals surface area contributed by atoms with Crippen LogP contribution in [0.2, 0.25) is 0 Å². The van der Waals surface area contributed by atoms with Gasteiger partial charge in [0.2, 0.25) is 5.91 Å². The fourth-order valence-electron chi connectivity index (χ4n) is 1.95. The Kier molecular flexibility index (Phi) is 4.12. The van der Waals surface area contributed by atoms with Crippen molar-refractivity contribution in [3.05, 3.63) is 28.2 Å². The number of ether oxygens (including phenoxy) is 1. The molecule has 0 unspecified atom stereocenters. The summed E-state index contributed by atoms with van der Waals surface area (Å²) in [6.45, 7) is 0.572. The van der Waals surface area contributed by atoms with Crippen molar-refractivity contribution in [1.82, 2.24) is 4.98 Å². The molecule has 20 heavy (non-hydrogen) atoms. The fourth-order valence-corrected chi connectivity index (χ4v) is 1.95. The predicted octanol–water partition coefficient (Wildman–Crippen LogP) is 1.90. The average molecular weight is 290 g/mol. The monoisotopic (exact) mass is 290 g/mol. The quantitative estimate of drug-likeness (QED) is 0.893. The van der Waals surface area contributed by atoms with E-state index in [1.54, 1.807) is 0 Å². The summed E-state index contributed by atoms with van der Waals surface area (Å²) in [5, 5.41) is 2.19. The molecule has 0 bridgehead atoms. The van der Waals surface area contributed by atoms with Crippen LogP contribution in [-0.2, 0) is 15.7 Å². The van der Waals surface area contributed by atoms with Gasteiger partial charge in [0.05, 0.1) is 18.1 Å². The minimum Gasteiger partial charge on any atom is -0.378 e. The van der Waals surface area contributed by atoms with Crippen molar-refractivity contribution in [1.29, 1.82) is 0 Å². The molecule has 1 atom stereocenters. The Labute approximate surface area is 112 Å². The van der Waals surface area contributed by atoms with E-state index in [2.05, 4.69) is 5.32 Å². The highest BCUT2D eigenvalue weighted by Gasteiger charge is 2.31. The highest BCUT2D eigenvalue weighted by atomic mass is 19.4. The van der Waals surface area contributed by atoms with E-state index >= 15 is 0 Å². The molecule has 5 nitrogen and oxygen atoms in total. The molecule has 1 amide bonds. The summed E-state index contributed by atoms with van der Waals surface area (Å²) in [5.74, 6) is -0.540. The van der Waals surface area contributed by atoms with E-state index in [1.165, 1.54) is 0 Å². The molecule has 0 spiro atoms. The summed E-state index contributed by atoms with van der Waals surface area (Å²) in [6.07, 6.45) is -2.65. The van der Waals surface area contributed by atoms with E-state index in [9.17, 15) is 22.8 Å². The minimum atomic E-state index is -4.59. The zero-order valence-electron chi connectivity index (χ0n) is 10.4. The van der Waals surface area contributed by atoms with Crippen LogP contribution in [0.4, 0.5) is 18.9 Å². The Morgan fingerprint density at radius 1 is 1.50 bits per heavy atom. The highest BCUT2D eigenvalue weighted by molar-refractivity contribution is 5.90. The number of nitrogens with one attached hydrogen (secondary N) is 2. The third-order valence-corrected chi connectivity index (χ3v) is 2.94. The number of H-pyrrole nitrogens is 1. The Balaban J connectivity index is 2.08. The minimum absolute atomic E-state index is 0.0235. The van der Waals surface area contributed by atoms with Crippen LogP contribution in [0.25, 0.3) is 0 Å².